The molecule has 4 nitrogen and oxygen atoms in total. The number of esters is 1. The Balaban J connectivity index is 2.07. The van der Waals surface area contributed by atoms with Crippen molar-refractivity contribution in [1.82, 2.24) is 10.2 Å². The van der Waals surface area contributed by atoms with Crippen LogP contribution in [-0.4, -0.2) is 49.2 Å². The second-order valence-corrected chi connectivity index (χ2v) is 5.73. The van der Waals surface area contributed by atoms with Gasteiger partial charge in [0.25, 0.3) is 0 Å². The van der Waals surface area contributed by atoms with Crippen molar-refractivity contribution in [3.63, 3.8) is 0 Å². The number of hydrogen-bond acceptors (Lipinski definition) is 4. The van der Waals surface area contributed by atoms with E-state index < -0.39 is 5.54 Å². The van der Waals surface area contributed by atoms with Crippen LogP contribution in [0.3, 0.4) is 0 Å². The van der Waals surface area contributed by atoms with Gasteiger partial charge in [-0.25, -0.2) is 0 Å². The number of nitrogens with zero attached hydrogens (tertiary/aromatic N) is 1. The third-order valence-electron chi connectivity index (χ3n) is 4.14. The van der Waals surface area contributed by atoms with Crippen molar-refractivity contribution in [3.8, 4) is 0 Å². The average molecular weight is 254 g/mol. The summed E-state index contributed by atoms with van der Waals surface area (Å²) in [6.45, 7) is 8.41. The van der Waals surface area contributed by atoms with Crippen molar-refractivity contribution < 1.29 is 9.53 Å². The van der Waals surface area contributed by atoms with E-state index in [1.54, 1.807) is 0 Å². The fourth-order valence-corrected chi connectivity index (χ4v) is 2.85. The topological polar surface area (TPSA) is 41.6 Å². The summed E-state index contributed by atoms with van der Waals surface area (Å²) < 4.78 is 5.33. The van der Waals surface area contributed by atoms with Crippen molar-refractivity contribution in [2.45, 2.75) is 45.1 Å². The number of hydrogen-bond donors (Lipinski definition) is 1. The van der Waals surface area contributed by atoms with Crippen molar-refractivity contribution in [2.24, 2.45) is 5.92 Å². The predicted molar refractivity (Wildman–Crippen MR) is 71.4 cm³/mol. The van der Waals surface area contributed by atoms with Crippen molar-refractivity contribution in [2.75, 3.05) is 32.8 Å². The molecule has 2 fully saturated rings. The second-order valence-electron chi connectivity index (χ2n) is 5.73. The molecule has 1 aliphatic carbocycles. The van der Waals surface area contributed by atoms with E-state index in [0.29, 0.717) is 6.61 Å². The summed E-state index contributed by atoms with van der Waals surface area (Å²) in [6.07, 6.45) is 4.63. The zero-order chi connectivity index (χ0) is 13.0. The summed E-state index contributed by atoms with van der Waals surface area (Å²) in [5.41, 5.74) is -0.413. The van der Waals surface area contributed by atoms with E-state index >= 15 is 0 Å². The molecule has 18 heavy (non-hydrogen) atoms. The van der Waals surface area contributed by atoms with Gasteiger partial charge in [0.05, 0.1) is 6.61 Å². The third kappa shape index (κ3) is 3.23. The summed E-state index contributed by atoms with van der Waals surface area (Å²) in [4.78, 5) is 14.7. The molecule has 1 aliphatic heterocycles. The molecule has 0 amide bonds. The maximum Gasteiger partial charge on any atom is 0.326 e. The summed E-state index contributed by atoms with van der Waals surface area (Å²) in [6, 6.07) is 0. The number of carbonyl (C=O) groups excluding carboxylic acids is 1. The SMILES string of the molecule is CCOC(=O)C(C)(CC1CC1)N1CCCNCC1. The molecule has 1 saturated carbocycles. The number of rotatable bonds is 5. The highest BCUT2D eigenvalue weighted by atomic mass is 16.5. The van der Waals surface area contributed by atoms with Crippen molar-refractivity contribution >= 4 is 5.97 Å². The van der Waals surface area contributed by atoms with Gasteiger partial charge < -0.3 is 10.1 Å². The molecule has 4 heteroatoms. The molecule has 0 spiro atoms. The number of ether oxygens (including phenoxy) is 1. The minimum absolute atomic E-state index is 0.0289. The van der Waals surface area contributed by atoms with Crippen LogP contribution in [0.4, 0.5) is 0 Å². The van der Waals surface area contributed by atoms with Crippen LogP contribution in [0.2, 0.25) is 0 Å². The Morgan fingerprint density at radius 1 is 1.39 bits per heavy atom. The van der Waals surface area contributed by atoms with Crippen molar-refractivity contribution in [1.29, 1.82) is 0 Å². The lowest BCUT2D eigenvalue weighted by atomic mass is 9.92. The number of nitrogens with one attached hydrogen (secondary N) is 1. The summed E-state index contributed by atoms with van der Waals surface area (Å²) in [5.74, 6) is 0.703. The van der Waals surface area contributed by atoms with Gasteiger partial charge in [-0.1, -0.05) is 12.8 Å². The van der Waals surface area contributed by atoms with Crippen LogP contribution in [-0.2, 0) is 9.53 Å². The monoisotopic (exact) mass is 254 g/mol. The molecule has 2 aliphatic rings. The zero-order valence-electron chi connectivity index (χ0n) is 11.7. The third-order valence-corrected chi connectivity index (χ3v) is 4.14. The van der Waals surface area contributed by atoms with Crippen LogP contribution in [0, 0.1) is 5.92 Å². The highest BCUT2D eigenvalue weighted by molar-refractivity contribution is 5.80. The summed E-state index contributed by atoms with van der Waals surface area (Å²) >= 11 is 0. The quantitative estimate of drug-likeness (QED) is 0.753. The average Bonchev–Trinajstić information content (AvgIpc) is 3.14. The molecule has 0 aromatic heterocycles. The van der Waals surface area contributed by atoms with Gasteiger partial charge in [0.1, 0.15) is 5.54 Å². The first-order chi connectivity index (χ1) is 8.66. The molecule has 0 aromatic rings. The van der Waals surface area contributed by atoms with Crippen LogP contribution in [0.5, 0.6) is 0 Å². The van der Waals surface area contributed by atoms with Crippen LogP contribution in [0.1, 0.15) is 39.5 Å². The van der Waals surface area contributed by atoms with Crippen LogP contribution in [0.15, 0.2) is 0 Å². The summed E-state index contributed by atoms with van der Waals surface area (Å²) in [5, 5.41) is 3.40. The molecular weight excluding hydrogens is 228 g/mol. The molecule has 0 bridgehead atoms. The van der Waals surface area contributed by atoms with E-state index in [4.69, 9.17) is 4.74 Å². The standard InChI is InChI=1S/C14H26N2O2/c1-3-18-13(17)14(2,11-12-5-6-12)16-9-4-7-15-8-10-16/h12,15H,3-11H2,1-2H3. The van der Waals surface area contributed by atoms with Crippen molar-refractivity contribution in [3.05, 3.63) is 0 Å². The van der Waals surface area contributed by atoms with E-state index in [9.17, 15) is 4.79 Å². The second kappa shape index (κ2) is 6.02. The van der Waals surface area contributed by atoms with Crippen LogP contribution in [0.25, 0.3) is 0 Å². The molecule has 0 radical (unpaired) electrons. The highest BCUT2D eigenvalue weighted by Crippen LogP contribution is 2.39. The zero-order valence-corrected chi connectivity index (χ0v) is 11.7. The first-order valence-electron chi connectivity index (χ1n) is 7.30. The maximum atomic E-state index is 12.4. The summed E-state index contributed by atoms with van der Waals surface area (Å²) in [7, 11) is 0. The van der Waals surface area contributed by atoms with E-state index in [1.807, 2.05) is 6.92 Å². The lowest BCUT2D eigenvalue weighted by Gasteiger charge is -2.38. The van der Waals surface area contributed by atoms with Gasteiger partial charge in [0.15, 0.2) is 0 Å². The minimum atomic E-state index is -0.413. The van der Waals surface area contributed by atoms with E-state index in [2.05, 4.69) is 17.1 Å². The fraction of sp³-hybridized carbons (Fsp3) is 0.929. The molecule has 1 atom stereocenters. The molecule has 1 saturated heterocycles. The molecule has 2 rings (SSSR count). The van der Waals surface area contributed by atoms with E-state index in [0.717, 1.165) is 44.9 Å². The highest BCUT2D eigenvalue weighted by Gasteiger charge is 2.44. The minimum Gasteiger partial charge on any atom is -0.465 e. The largest absolute Gasteiger partial charge is 0.465 e. The lowest BCUT2D eigenvalue weighted by molar-refractivity contribution is -0.157. The Bertz CT molecular complexity index is 284. The Morgan fingerprint density at radius 3 is 2.83 bits per heavy atom. The van der Waals surface area contributed by atoms with Gasteiger partial charge in [0, 0.05) is 19.6 Å². The fourth-order valence-electron chi connectivity index (χ4n) is 2.85. The first kappa shape index (κ1) is 13.8. The van der Waals surface area contributed by atoms with Gasteiger partial charge in [-0.3, -0.25) is 9.69 Å². The lowest BCUT2D eigenvalue weighted by Crippen LogP contribution is -2.54. The smallest absolute Gasteiger partial charge is 0.326 e. The first-order valence-corrected chi connectivity index (χ1v) is 7.30. The molecule has 1 unspecified atom stereocenters. The molecule has 1 heterocycles. The molecule has 0 aromatic carbocycles. The molecular formula is C14H26N2O2. The van der Waals surface area contributed by atoms with Gasteiger partial charge in [-0.15, -0.1) is 0 Å². The Morgan fingerprint density at radius 2 is 2.17 bits per heavy atom. The van der Waals surface area contributed by atoms with Gasteiger partial charge in [0.2, 0.25) is 0 Å². The van der Waals surface area contributed by atoms with E-state index in [1.165, 1.54) is 12.8 Å². The van der Waals surface area contributed by atoms with Gasteiger partial charge in [-0.05, 0) is 39.2 Å². The normalized spacial score (nSPS) is 25.2. The Hall–Kier alpha value is -0.610. The predicted octanol–water partition coefficient (Wildman–Crippen LogP) is 1.40. The molecule has 1 N–H and O–H groups in total. The van der Waals surface area contributed by atoms with Gasteiger partial charge >= 0.3 is 5.97 Å². The van der Waals surface area contributed by atoms with Gasteiger partial charge in [-0.2, -0.15) is 0 Å². The number of carbonyl (C=O) groups is 1. The maximum absolute atomic E-state index is 12.4. The van der Waals surface area contributed by atoms with Crippen LogP contribution < -0.4 is 5.32 Å². The Labute approximate surface area is 110 Å². The van der Waals surface area contributed by atoms with Crippen LogP contribution >= 0.6 is 0 Å². The molecule has 104 valence electrons. The van der Waals surface area contributed by atoms with E-state index in [-0.39, 0.29) is 5.97 Å². The Kier molecular flexibility index (Phi) is 4.62.